The molecule has 0 aliphatic rings. The lowest BCUT2D eigenvalue weighted by atomic mass is 9.93. The van der Waals surface area contributed by atoms with Crippen molar-refractivity contribution >= 4 is 44.5 Å². The van der Waals surface area contributed by atoms with Crippen molar-refractivity contribution in [2.75, 3.05) is 7.05 Å². The van der Waals surface area contributed by atoms with Crippen LogP contribution >= 0.6 is 0 Å². The fraction of sp³-hybridized carbons (Fsp3) is 0.0476. The van der Waals surface area contributed by atoms with E-state index in [2.05, 4.69) is 71.0 Å². The second-order valence-electron chi connectivity index (χ2n) is 5.75. The summed E-state index contributed by atoms with van der Waals surface area (Å²) in [5.41, 5.74) is 0.814. The highest BCUT2D eigenvalue weighted by atomic mass is 14.9. The highest BCUT2D eigenvalue weighted by Crippen LogP contribution is 2.35. The number of nitrogens with one attached hydrogen (secondary N) is 2. The molecule has 0 spiro atoms. The van der Waals surface area contributed by atoms with Crippen molar-refractivity contribution in [2.45, 2.75) is 0 Å². The summed E-state index contributed by atoms with van der Waals surface area (Å²) in [5.74, 6) is 0.253. The van der Waals surface area contributed by atoms with Gasteiger partial charge >= 0.3 is 0 Å². The number of nitrogens with zero attached hydrogens (tertiary/aromatic N) is 1. The average molecular weight is 311 g/mol. The second-order valence-corrected chi connectivity index (χ2v) is 5.75. The Labute approximate surface area is 140 Å². The third kappa shape index (κ3) is 2.22. The Morgan fingerprint density at radius 2 is 1.29 bits per heavy atom. The van der Waals surface area contributed by atoms with Gasteiger partial charge in [-0.15, -0.1) is 0 Å². The second kappa shape index (κ2) is 5.78. The van der Waals surface area contributed by atoms with E-state index in [1.165, 1.54) is 33.3 Å². The maximum atomic E-state index is 8.14. The molecule has 24 heavy (non-hydrogen) atoms. The van der Waals surface area contributed by atoms with E-state index < -0.39 is 0 Å². The van der Waals surface area contributed by atoms with Gasteiger partial charge in [-0.2, -0.15) is 0 Å². The summed E-state index contributed by atoms with van der Waals surface area (Å²) >= 11 is 0. The summed E-state index contributed by atoms with van der Waals surface area (Å²) in [6, 6.07) is 23.1. The molecule has 3 nitrogen and oxygen atoms in total. The molecule has 0 aliphatic heterocycles. The van der Waals surface area contributed by atoms with Crippen molar-refractivity contribution in [3.63, 3.8) is 0 Å². The highest BCUT2D eigenvalue weighted by Gasteiger charge is 2.09. The van der Waals surface area contributed by atoms with Crippen LogP contribution in [0, 0.1) is 5.41 Å². The molecule has 0 unspecified atom stereocenters. The SMILES string of the molecule is CN/C=N\C(=N)c1ccc2c3ccccc3c3ccccc3c2c1. The molecule has 0 saturated heterocycles. The van der Waals surface area contributed by atoms with Crippen molar-refractivity contribution in [2.24, 2.45) is 4.99 Å². The van der Waals surface area contributed by atoms with Gasteiger partial charge in [0, 0.05) is 12.6 Å². The fourth-order valence-corrected chi connectivity index (χ4v) is 3.26. The molecular weight excluding hydrogens is 294 g/mol. The molecule has 0 heterocycles. The van der Waals surface area contributed by atoms with E-state index in [-0.39, 0.29) is 5.84 Å². The van der Waals surface area contributed by atoms with Crippen LogP contribution in [0.15, 0.2) is 71.7 Å². The Bertz CT molecular complexity index is 1070. The highest BCUT2D eigenvalue weighted by molar-refractivity contribution is 6.26. The van der Waals surface area contributed by atoms with Crippen molar-refractivity contribution < 1.29 is 0 Å². The minimum atomic E-state index is 0.253. The first kappa shape index (κ1) is 14.4. The van der Waals surface area contributed by atoms with Crippen molar-refractivity contribution in [1.29, 1.82) is 5.41 Å². The van der Waals surface area contributed by atoms with Gasteiger partial charge in [0.25, 0.3) is 0 Å². The van der Waals surface area contributed by atoms with Crippen LogP contribution in [0.4, 0.5) is 0 Å². The van der Waals surface area contributed by atoms with Crippen LogP contribution in [0.25, 0.3) is 32.3 Å². The van der Waals surface area contributed by atoms with Gasteiger partial charge in [0.05, 0.1) is 6.34 Å². The van der Waals surface area contributed by atoms with Crippen LogP contribution in [-0.2, 0) is 0 Å². The number of amidine groups is 1. The van der Waals surface area contributed by atoms with Crippen molar-refractivity contribution in [3.05, 3.63) is 72.3 Å². The van der Waals surface area contributed by atoms with Crippen LogP contribution in [0.2, 0.25) is 0 Å². The van der Waals surface area contributed by atoms with Crippen LogP contribution in [0.1, 0.15) is 5.56 Å². The van der Waals surface area contributed by atoms with Gasteiger partial charge in [-0.05, 0) is 38.4 Å². The summed E-state index contributed by atoms with van der Waals surface area (Å²) in [7, 11) is 1.77. The zero-order valence-electron chi connectivity index (χ0n) is 13.4. The maximum absolute atomic E-state index is 8.14. The van der Waals surface area contributed by atoms with Crippen molar-refractivity contribution in [1.82, 2.24) is 5.32 Å². The quantitative estimate of drug-likeness (QED) is 0.314. The molecule has 2 N–H and O–H groups in total. The molecule has 0 aliphatic carbocycles. The van der Waals surface area contributed by atoms with Crippen LogP contribution in [0.3, 0.4) is 0 Å². The lowest BCUT2D eigenvalue weighted by Gasteiger charge is -2.11. The zero-order valence-corrected chi connectivity index (χ0v) is 13.4. The van der Waals surface area contributed by atoms with E-state index in [0.29, 0.717) is 0 Å². The summed E-state index contributed by atoms with van der Waals surface area (Å²) in [6.07, 6.45) is 1.53. The summed E-state index contributed by atoms with van der Waals surface area (Å²) in [4.78, 5) is 4.11. The lowest BCUT2D eigenvalue weighted by Crippen LogP contribution is -2.04. The Kier molecular flexibility index (Phi) is 3.47. The predicted molar refractivity (Wildman–Crippen MR) is 103 cm³/mol. The summed E-state index contributed by atoms with van der Waals surface area (Å²) in [5, 5.41) is 18.3. The first-order valence-electron chi connectivity index (χ1n) is 7.91. The standard InChI is InChI=1S/C21H17N3/c1-23-13-24-21(22)14-10-11-19-17-8-3-2-6-15(17)16-7-4-5-9-18(16)20(19)12-14/h2-13H,1H3,(H2,22,23,24). The van der Waals surface area contributed by atoms with E-state index >= 15 is 0 Å². The van der Waals surface area contributed by atoms with Crippen LogP contribution < -0.4 is 5.32 Å². The summed E-state index contributed by atoms with van der Waals surface area (Å²) < 4.78 is 0. The van der Waals surface area contributed by atoms with Crippen LogP contribution in [-0.4, -0.2) is 19.2 Å². The largest absolute Gasteiger partial charge is 0.379 e. The number of aliphatic imine (C=N–C) groups is 1. The zero-order chi connectivity index (χ0) is 16.5. The third-order valence-electron chi connectivity index (χ3n) is 4.34. The minimum absolute atomic E-state index is 0.253. The Morgan fingerprint density at radius 1 is 0.792 bits per heavy atom. The molecule has 0 atom stereocenters. The topological polar surface area (TPSA) is 48.2 Å². The number of hydrogen-bond acceptors (Lipinski definition) is 1. The van der Waals surface area contributed by atoms with E-state index in [1.807, 2.05) is 6.07 Å². The predicted octanol–water partition coefficient (Wildman–Crippen LogP) is 4.72. The monoisotopic (exact) mass is 311 g/mol. The normalized spacial score (nSPS) is 11.5. The Morgan fingerprint density at radius 3 is 1.83 bits per heavy atom. The Hall–Kier alpha value is -3.20. The van der Waals surface area contributed by atoms with Gasteiger partial charge in [-0.1, -0.05) is 60.7 Å². The molecule has 0 amide bonds. The van der Waals surface area contributed by atoms with Gasteiger partial charge in [-0.3, -0.25) is 5.41 Å². The molecule has 4 aromatic rings. The van der Waals surface area contributed by atoms with Gasteiger partial charge in [0.2, 0.25) is 0 Å². The maximum Gasteiger partial charge on any atom is 0.153 e. The van der Waals surface area contributed by atoms with Gasteiger partial charge in [0.1, 0.15) is 0 Å². The van der Waals surface area contributed by atoms with Crippen molar-refractivity contribution in [3.8, 4) is 0 Å². The minimum Gasteiger partial charge on any atom is -0.379 e. The molecule has 4 rings (SSSR count). The molecule has 0 bridgehead atoms. The third-order valence-corrected chi connectivity index (χ3v) is 4.34. The van der Waals surface area contributed by atoms with E-state index in [1.54, 1.807) is 7.05 Å². The molecular formula is C21H17N3. The first-order valence-corrected chi connectivity index (χ1v) is 7.91. The molecule has 0 radical (unpaired) electrons. The van der Waals surface area contributed by atoms with E-state index in [4.69, 9.17) is 5.41 Å². The number of benzene rings is 4. The number of fused-ring (bicyclic) bond motifs is 6. The number of hydrogen-bond donors (Lipinski definition) is 2. The molecule has 3 heteroatoms. The van der Waals surface area contributed by atoms with Gasteiger partial charge in [-0.25, -0.2) is 4.99 Å². The molecule has 0 aromatic heterocycles. The first-order chi connectivity index (χ1) is 11.8. The lowest BCUT2D eigenvalue weighted by molar-refractivity contribution is 1.21. The summed E-state index contributed by atoms with van der Waals surface area (Å²) in [6.45, 7) is 0. The van der Waals surface area contributed by atoms with E-state index in [9.17, 15) is 0 Å². The molecule has 4 aromatic carbocycles. The Balaban J connectivity index is 2.10. The average Bonchev–Trinajstić information content (AvgIpc) is 2.66. The van der Waals surface area contributed by atoms with Gasteiger partial charge in [0.15, 0.2) is 5.84 Å². The molecule has 0 fully saturated rings. The fourth-order valence-electron chi connectivity index (χ4n) is 3.26. The van der Waals surface area contributed by atoms with Crippen LogP contribution in [0.5, 0.6) is 0 Å². The smallest absolute Gasteiger partial charge is 0.153 e. The number of rotatable bonds is 2. The molecule has 0 saturated carbocycles. The van der Waals surface area contributed by atoms with E-state index in [0.717, 1.165) is 10.9 Å². The molecule has 116 valence electrons. The van der Waals surface area contributed by atoms with Gasteiger partial charge < -0.3 is 5.32 Å².